The number of halogens is 1. The van der Waals surface area contributed by atoms with Crippen LogP contribution in [0.5, 0.6) is 0 Å². The summed E-state index contributed by atoms with van der Waals surface area (Å²) in [5.74, 6) is 0. The van der Waals surface area contributed by atoms with Crippen molar-refractivity contribution in [3.8, 4) is 0 Å². The van der Waals surface area contributed by atoms with Crippen LogP contribution in [0.1, 0.15) is 0 Å². The fraction of sp³-hybridized carbons (Fsp3) is 0. The third-order valence-electron chi connectivity index (χ3n) is 0.484. The van der Waals surface area contributed by atoms with Gasteiger partial charge in [-0.2, -0.15) is 5.10 Å². The van der Waals surface area contributed by atoms with Crippen LogP contribution in [0.25, 0.3) is 0 Å². The fourth-order valence-electron chi connectivity index (χ4n) is 0.243. The Hall–Kier alpha value is -0.260. The molecule has 0 unspecified atom stereocenters. The van der Waals surface area contributed by atoms with Gasteiger partial charge in [0.05, 0.1) is 4.14 Å². The summed E-state index contributed by atoms with van der Waals surface area (Å²) in [4.78, 5) is 9.84. The minimum Gasteiger partial charge on any atom is -0.296 e. The van der Waals surface area contributed by atoms with E-state index in [0.717, 1.165) is 6.29 Å². The smallest absolute Gasteiger partial charge is 0.176 e. The minimum atomic E-state index is -0.178. The first-order valence-electron chi connectivity index (χ1n) is 1.67. The van der Waals surface area contributed by atoms with Gasteiger partial charge in [-0.1, -0.05) is 0 Å². The quantitative estimate of drug-likeness (QED) is 0.482. The molecule has 3 nitrogen and oxygen atoms in total. The zero-order chi connectivity index (χ0) is 5.11. The van der Waals surface area contributed by atoms with Crippen molar-refractivity contribution in [3.05, 3.63) is 0 Å². The van der Waals surface area contributed by atoms with E-state index in [0.29, 0.717) is 3.72 Å². The highest BCUT2D eigenvalue weighted by atomic mass is 127. The van der Waals surface area contributed by atoms with E-state index in [1.807, 2.05) is 4.14 Å². The maximum Gasteiger partial charge on any atom is 0.176 e. The summed E-state index contributed by atoms with van der Waals surface area (Å²) in [6.07, 6.45) is 0.795. The Morgan fingerprint density at radius 1 is 2.00 bits per heavy atom. The maximum absolute atomic E-state index is 9.84. The first kappa shape index (κ1) is 4.89. The molecule has 0 radical (unpaired) electrons. The van der Waals surface area contributed by atoms with E-state index >= 15 is 0 Å². The van der Waals surface area contributed by atoms with Gasteiger partial charge in [0.1, 0.15) is 0 Å². The Morgan fingerprint density at radius 2 is 2.86 bits per heavy atom. The van der Waals surface area contributed by atoms with Crippen molar-refractivity contribution in [3.63, 3.8) is 0 Å². The van der Waals surface area contributed by atoms with Gasteiger partial charge in [-0.3, -0.25) is 10.2 Å². The van der Waals surface area contributed by atoms with Gasteiger partial charge < -0.3 is 0 Å². The van der Waals surface area contributed by atoms with Gasteiger partial charge in [0, 0.05) is 0 Å². The predicted octanol–water partition coefficient (Wildman–Crippen LogP) is -0.168. The lowest BCUT2D eigenvalue weighted by atomic mass is 10.9. The summed E-state index contributed by atoms with van der Waals surface area (Å²) in [5, 5.41) is 3.65. The molecule has 1 rings (SSSR count). The van der Waals surface area contributed by atoms with Gasteiger partial charge in [0.15, 0.2) is 10.0 Å². The van der Waals surface area contributed by atoms with Crippen LogP contribution in [-0.2, 0) is 4.79 Å². The van der Waals surface area contributed by atoms with Crippen LogP contribution < -0.4 is 5.43 Å². The Balaban J connectivity index is 2.69. The minimum absolute atomic E-state index is 0.178. The molecule has 0 bridgehead atoms. The molecular weight excluding hydrogens is 207 g/mol. The second-order valence-corrected chi connectivity index (χ2v) is 3.25. The van der Waals surface area contributed by atoms with E-state index in [1.165, 1.54) is 0 Å². The van der Waals surface area contributed by atoms with E-state index in [4.69, 9.17) is 0 Å². The van der Waals surface area contributed by atoms with Crippen molar-refractivity contribution in [2.45, 2.75) is 0 Å². The molecule has 0 amide bonds. The molecule has 1 aliphatic heterocycles. The SMILES string of the molecule is O=CC1=NNC=I1. The molecule has 1 aliphatic rings. The lowest BCUT2D eigenvalue weighted by Gasteiger charge is -1.73. The van der Waals surface area contributed by atoms with E-state index in [9.17, 15) is 4.79 Å². The number of hydrazone groups is 1. The highest BCUT2D eigenvalue weighted by Crippen LogP contribution is 1.99. The van der Waals surface area contributed by atoms with Crippen molar-refractivity contribution < 1.29 is 4.79 Å². The van der Waals surface area contributed by atoms with E-state index < -0.39 is 0 Å². The third-order valence-corrected chi connectivity index (χ3v) is 2.21. The van der Waals surface area contributed by atoms with Crippen molar-refractivity contribution >= 4 is 34.9 Å². The lowest BCUT2D eigenvalue weighted by molar-refractivity contribution is -0.102. The average Bonchev–Trinajstić information content (AvgIpc) is 2.14. The summed E-state index contributed by atoms with van der Waals surface area (Å²) >= 11 is -0.178. The number of hydrogen-bond donors (Lipinski definition) is 1. The Bertz CT molecular complexity index is 140. The van der Waals surface area contributed by atoms with Crippen LogP contribution in [0, 0.1) is 0 Å². The molecular formula is C3H3IN2O. The number of aldehydes is 1. The molecule has 0 saturated heterocycles. The highest BCUT2D eigenvalue weighted by molar-refractivity contribution is 14.2. The van der Waals surface area contributed by atoms with Crippen LogP contribution in [0.2, 0.25) is 0 Å². The van der Waals surface area contributed by atoms with E-state index in [2.05, 4.69) is 10.5 Å². The second-order valence-electron chi connectivity index (χ2n) is 0.900. The van der Waals surface area contributed by atoms with Crippen LogP contribution in [-0.4, -0.2) is 14.1 Å². The normalized spacial score (nSPS) is 16.9. The summed E-state index contributed by atoms with van der Waals surface area (Å²) in [6, 6.07) is 0. The Morgan fingerprint density at radius 3 is 3.14 bits per heavy atom. The van der Waals surface area contributed by atoms with Crippen molar-refractivity contribution in [1.29, 1.82) is 0 Å². The zero-order valence-electron chi connectivity index (χ0n) is 3.39. The van der Waals surface area contributed by atoms with Crippen LogP contribution >= 0.6 is 20.7 Å². The van der Waals surface area contributed by atoms with Crippen molar-refractivity contribution in [1.82, 2.24) is 5.43 Å². The molecule has 0 aromatic heterocycles. The summed E-state index contributed by atoms with van der Waals surface area (Å²) < 4.78 is 2.52. The molecule has 0 atom stereocenters. The summed E-state index contributed by atoms with van der Waals surface area (Å²) in [5.41, 5.74) is 2.60. The summed E-state index contributed by atoms with van der Waals surface area (Å²) in [6.45, 7) is 0. The van der Waals surface area contributed by atoms with Crippen molar-refractivity contribution in [2.24, 2.45) is 5.10 Å². The van der Waals surface area contributed by atoms with Gasteiger partial charge in [0.2, 0.25) is 0 Å². The molecule has 0 aromatic carbocycles. The van der Waals surface area contributed by atoms with Gasteiger partial charge >= 0.3 is 0 Å². The highest BCUT2D eigenvalue weighted by Gasteiger charge is 1.93. The standard InChI is InChI=1S/C3H3IN2O/c7-1-3-4-2-5-6-3/h1-2,5H. The van der Waals surface area contributed by atoms with Gasteiger partial charge in [0.25, 0.3) is 0 Å². The first-order chi connectivity index (χ1) is 3.43. The van der Waals surface area contributed by atoms with Crippen LogP contribution in [0.15, 0.2) is 5.10 Å². The molecule has 7 heavy (non-hydrogen) atoms. The van der Waals surface area contributed by atoms with Crippen LogP contribution in [0.4, 0.5) is 0 Å². The van der Waals surface area contributed by atoms with Crippen molar-refractivity contribution in [2.75, 3.05) is 0 Å². The average molecular weight is 210 g/mol. The van der Waals surface area contributed by atoms with E-state index in [-0.39, 0.29) is 20.7 Å². The number of nitrogens with zero attached hydrogens (tertiary/aromatic N) is 1. The topological polar surface area (TPSA) is 41.5 Å². The lowest BCUT2D eigenvalue weighted by Crippen LogP contribution is -1.94. The Kier molecular flexibility index (Phi) is 1.50. The summed E-state index contributed by atoms with van der Waals surface area (Å²) in [7, 11) is 0. The van der Waals surface area contributed by atoms with Gasteiger partial charge in [-0.25, -0.2) is 0 Å². The maximum atomic E-state index is 9.84. The molecule has 0 aliphatic carbocycles. The Labute approximate surface area is 50.5 Å². The fourth-order valence-corrected chi connectivity index (χ4v) is 1.27. The molecule has 0 saturated carbocycles. The van der Waals surface area contributed by atoms with E-state index in [1.54, 1.807) is 0 Å². The molecule has 0 spiro atoms. The molecule has 1 N–H and O–H groups in total. The number of nitrogens with one attached hydrogen (secondary N) is 1. The molecule has 4 heteroatoms. The number of hydrogen-bond acceptors (Lipinski definition) is 3. The number of rotatable bonds is 1. The number of carbonyl (C=O) groups excluding carboxylic acids is 1. The monoisotopic (exact) mass is 210 g/mol. The molecule has 0 fully saturated rings. The van der Waals surface area contributed by atoms with Gasteiger partial charge in [-0.15, -0.1) is 0 Å². The largest absolute Gasteiger partial charge is 0.296 e. The third kappa shape index (κ3) is 1.05. The number of carbonyl (C=O) groups is 1. The first-order valence-corrected chi connectivity index (χ1v) is 3.99. The molecule has 38 valence electrons. The van der Waals surface area contributed by atoms with Gasteiger partial charge in [-0.05, 0) is 20.7 Å². The second kappa shape index (κ2) is 2.15. The zero-order valence-corrected chi connectivity index (χ0v) is 5.55. The molecule has 1 heterocycles. The van der Waals surface area contributed by atoms with Crippen LogP contribution in [0.3, 0.4) is 0 Å². The molecule has 0 aromatic rings. The predicted molar refractivity (Wildman–Crippen MR) is 36.7 cm³/mol.